The molecule has 2 heterocycles. The highest BCUT2D eigenvalue weighted by Gasteiger charge is 2.39. The fraction of sp³-hybridized carbons (Fsp3) is 0.348. The second kappa shape index (κ2) is 8.23. The van der Waals surface area contributed by atoms with E-state index >= 15 is 0 Å². The Morgan fingerprint density at radius 3 is 2.66 bits per heavy atom. The average Bonchev–Trinajstić information content (AvgIpc) is 2.72. The molecule has 2 aliphatic heterocycles. The zero-order valence-electron chi connectivity index (χ0n) is 16.2. The number of piperidine rings is 1. The first-order chi connectivity index (χ1) is 14.1. The Morgan fingerprint density at radius 1 is 1.14 bits per heavy atom. The van der Waals surface area contributed by atoms with Gasteiger partial charge in [0, 0.05) is 6.04 Å². The summed E-state index contributed by atoms with van der Waals surface area (Å²) in [5, 5.41) is 0. The molecule has 152 valence electrons. The minimum absolute atomic E-state index is 0.0113. The van der Waals surface area contributed by atoms with E-state index in [1.165, 1.54) is 19.2 Å². The summed E-state index contributed by atoms with van der Waals surface area (Å²) in [6.07, 6.45) is 4.29. The smallest absolute Gasteiger partial charge is 0.410 e. The number of ether oxygens (including phenoxy) is 2. The number of nitrogens with zero attached hydrogens (tertiary/aromatic N) is 1. The largest absolute Gasteiger partial charge is 0.494 e. The highest BCUT2D eigenvalue weighted by atomic mass is 19.1. The lowest BCUT2D eigenvalue weighted by Crippen LogP contribution is -2.51. The van der Waals surface area contributed by atoms with Gasteiger partial charge < -0.3 is 9.47 Å². The lowest BCUT2D eigenvalue weighted by Gasteiger charge is -2.44. The normalized spacial score (nSPS) is 20.8. The van der Waals surface area contributed by atoms with Gasteiger partial charge in [0.2, 0.25) is 0 Å². The van der Waals surface area contributed by atoms with E-state index in [1.807, 2.05) is 30.3 Å². The van der Waals surface area contributed by atoms with Gasteiger partial charge >= 0.3 is 6.09 Å². The van der Waals surface area contributed by atoms with Gasteiger partial charge in [-0.25, -0.2) is 13.6 Å². The van der Waals surface area contributed by atoms with E-state index < -0.39 is 11.6 Å². The summed E-state index contributed by atoms with van der Waals surface area (Å²) in [5.41, 5.74) is 1.44. The topological polar surface area (TPSA) is 38.8 Å². The molecule has 2 aliphatic rings. The summed E-state index contributed by atoms with van der Waals surface area (Å²) < 4.78 is 39.7. The van der Waals surface area contributed by atoms with E-state index in [4.69, 9.17) is 9.47 Å². The van der Waals surface area contributed by atoms with Crippen LogP contribution in [0.3, 0.4) is 0 Å². The summed E-state index contributed by atoms with van der Waals surface area (Å²) in [5.74, 6) is -1.30. The Balaban J connectivity index is 1.57. The van der Waals surface area contributed by atoms with Gasteiger partial charge in [-0.3, -0.25) is 4.90 Å². The predicted octanol–water partition coefficient (Wildman–Crippen LogP) is 5.32. The van der Waals surface area contributed by atoms with Crippen LogP contribution in [0.4, 0.5) is 13.6 Å². The number of carbonyl (C=O) groups excluding carboxylic acids is 1. The summed E-state index contributed by atoms with van der Waals surface area (Å²) in [6, 6.07) is 11.6. The lowest BCUT2D eigenvalue weighted by atomic mass is 9.83. The molecule has 2 aromatic carbocycles. The first-order valence-electron chi connectivity index (χ1n) is 9.80. The minimum Gasteiger partial charge on any atom is -0.494 e. The molecule has 0 aliphatic carbocycles. The van der Waals surface area contributed by atoms with E-state index in [0.717, 1.165) is 24.8 Å². The molecule has 6 heteroatoms. The third-order valence-electron chi connectivity index (χ3n) is 5.65. The van der Waals surface area contributed by atoms with Crippen LogP contribution in [0.2, 0.25) is 0 Å². The second-order valence-corrected chi connectivity index (χ2v) is 7.43. The number of rotatable bonds is 4. The number of methoxy groups -OCH3 is 1. The standard InChI is InChI=1S/C23H23F2NO3/c1-28-20-11-10-19(24)21(22(20)25)16-12-17-8-5-9-18(13-16)26(17)23(27)29-14-15-6-3-2-4-7-15/h2-4,6-7,10-12,17-18H,5,8-9,13-14H2,1H3. The van der Waals surface area contributed by atoms with E-state index in [0.29, 0.717) is 12.0 Å². The molecule has 29 heavy (non-hydrogen) atoms. The number of halogens is 2. The maximum absolute atomic E-state index is 14.7. The van der Waals surface area contributed by atoms with Crippen LogP contribution in [0, 0.1) is 11.6 Å². The third kappa shape index (κ3) is 3.84. The maximum Gasteiger partial charge on any atom is 0.410 e. The number of amides is 1. The SMILES string of the molecule is COc1ccc(F)c(C2=CC3CCCC(C2)N3C(=O)OCc2ccccc2)c1F. The van der Waals surface area contributed by atoms with E-state index in [2.05, 4.69) is 0 Å². The zero-order valence-corrected chi connectivity index (χ0v) is 16.2. The molecule has 0 aromatic heterocycles. The summed E-state index contributed by atoms with van der Waals surface area (Å²) in [7, 11) is 1.36. The predicted molar refractivity (Wildman–Crippen MR) is 105 cm³/mol. The van der Waals surface area contributed by atoms with Crippen LogP contribution in [0.15, 0.2) is 48.5 Å². The van der Waals surface area contributed by atoms with Gasteiger partial charge in [0.15, 0.2) is 11.6 Å². The molecule has 2 aromatic rings. The van der Waals surface area contributed by atoms with E-state index in [-0.39, 0.29) is 36.1 Å². The van der Waals surface area contributed by atoms with E-state index in [1.54, 1.807) is 11.0 Å². The highest BCUT2D eigenvalue weighted by molar-refractivity contribution is 5.75. The molecular weight excluding hydrogens is 376 g/mol. The van der Waals surface area contributed by atoms with Crippen molar-refractivity contribution in [3.63, 3.8) is 0 Å². The number of hydrogen-bond donors (Lipinski definition) is 0. The van der Waals surface area contributed by atoms with Crippen LogP contribution < -0.4 is 4.74 Å². The molecule has 1 saturated heterocycles. The molecule has 2 unspecified atom stereocenters. The van der Waals surface area contributed by atoms with Crippen LogP contribution >= 0.6 is 0 Å². The van der Waals surface area contributed by atoms with Crippen molar-refractivity contribution in [3.05, 3.63) is 71.3 Å². The highest BCUT2D eigenvalue weighted by Crippen LogP contribution is 2.40. The molecule has 0 saturated carbocycles. The van der Waals surface area contributed by atoms with Crippen molar-refractivity contribution in [1.82, 2.24) is 4.90 Å². The molecule has 2 bridgehead atoms. The molecular formula is C23H23F2NO3. The van der Waals surface area contributed by atoms with Gasteiger partial charge in [-0.1, -0.05) is 36.4 Å². The third-order valence-corrected chi connectivity index (χ3v) is 5.65. The molecule has 1 fully saturated rings. The summed E-state index contributed by atoms with van der Waals surface area (Å²) in [4.78, 5) is 14.5. The van der Waals surface area contributed by atoms with Gasteiger partial charge in [0.25, 0.3) is 0 Å². The Bertz CT molecular complexity index is 929. The Hall–Kier alpha value is -2.89. The Labute approximate surface area is 168 Å². The molecule has 4 nitrogen and oxygen atoms in total. The monoisotopic (exact) mass is 399 g/mol. The number of hydrogen-bond acceptors (Lipinski definition) is 3. The number of carbonyl (C=O) groups is 1. The fourth-order valence-electron chi connectivity index (χ4n) is 4.28. The van der Waals surface area contributed by atoms with Crippen LogP contribution in [0.5, 0.6) is 5.75 Å². The van der Waals surface area contributed by atoms with Crippen molar-refractivity contribution < 1.29 is 23.0 Å². The van der Waals surface area contributed by atoms with Gasteiger partial charge in [-0.15, -0.1) is 0 Å². The van der Waals surface area contributed by atoms with Gasteiger partial charge in [0.1, 0.15) is 12.4 Å². The van der Waals surface area contributed by atoms with Gasteiger partial charge in [-0.2, -0.15) is 0 Å². The van der Waals surface area contributed by atoms with Crippen LogP contribution in [-0.2, 0) is 11.3 Å². The minimum atomic E-state index is -0.697. The number of fused-ring (bicyclic) bond motifs is 2. The van der Waals surface area contributed by atoms with Crippen molar-refractivity contribution in [2.24, 2.45) is 0 Å². The fourth-order valence-corrected chi connectivity index (χ4v) is 4.28. The first kappa shape index (κ1) is 19.4. The maximum atomic E-state index is 14.7. The van der Waals surface area contributed by atoms with Crippen LogP contribution in [0.1, 0.15) is 36.8 Å². The van der Waals surface area contributed by atoms with Crippen molar-refractivity contribution in [1.29, 1.82) is 0 Å². The molecule has 1 amide bonds. The molecule has 0 N–H and O–H groups in total. The van der Waals surface area contributed by atoms with Crippen LogP contribution in [0.25, 0.3) is 5.57 Å². The second-order valence-electron chi connectivity index (χ2n) is 7.43. The molecule has 2 atom stereocenters. The number of benzene rings is 2. The molecule has 4 rings (SSSR count). The Morgan fingerprint density at radius 2 is 1.93 bits per heavy atom. The molecule has 0 spiro atoms. The van der Waals surface area contributed by atoms with Crippen molar-refractivity contribution in [2.75, 3.05) is 7.11 Å². The van der Waals surface area contributed by atoms with Crippen LogP contribution in [-0.4, -0.2) is 30.2 Å². The average molecular weight is 399 g/mol. The van der Waals surface area contributed by atoms with Crippen molar-refractivity contribution in [3.8, 4) is 5.75 Å². The summed E-state index contributed by atoms with van der Waals surface area (Å²) >= 11 is 0. The van der Waals surface area contributed by atoms with Gasteiger partial charge in [0.05, 0.1) is 18.7 Å². The lowest BCUT2D eigenvalue weighted by molar-refractivity contribution is 0.0510. The zero-order chi connectivity index (χ0) is 20.4. The van der Waals surface area contributed by atoms with Crippen molar-refractivity contribution in [2.45, 2.75) is 44.4 Å². The Kier molecular flexibility index (Phi) is 5.51. The first-order valence-corrected chi connectivity index (χ1v) is 9.80. The molecule has 0 radical (unpaired) electrons. The van der Waals surface area contributed by atoms with Crippen molar-refractivity contribution >= 4 is 11.7 Å². The van der Waals surface area contributed by atoms with E-state index in [9.17, 15) is 13.6 Å². The van der Waals surface area contributed by atoms with Gasteiger partial charge in [-0.05, 0) is 49.0 Å². The summed E-state index contributed by atoms with van der Waals surface area (Å²) in [6.45, 7) is 0.200. The quantitative estimate of drug-likeness (QED) is 0.698.